The number of rotatable bonds is 6. The van der Waals surface area contributed by atoms with E-state index in [1.807, 2.05) is 29.1 Å². The van der Waals surface area contributed by atoms with E-state index in [0.717, 1.165) is 35.6 Å². The average Bonchev–Trinajstić information content (AvgIpc) is 3.14. The average molecular weight is 410 g/mol. The summed E-state index contributed by atoms with van der Waals surface area (Å²) >= 11 is 0. The summed E-state index contributed by atoms with van der Waals surface area (Å²) in [7, 11) is 3.31. The molecule has 30 heavy (non-hydrogen) atoms. The summed E-state index contributed by atoms with van der Waals surface area (Å²) in [6.07, 6.45) is 3.86. The summed E-state index contributed by atoms with van der Waals surface area (Å²) in [5, 5.41) is 8.34. The van der Waals surface area contributed by atoms with Crippen molar-refractivity contribution in [3.8, 4) is 17.2 Å². The quantitative estimate of drug-likeness (QED) is 0.633. The molecule has 1 N–H and O–H groups in total. The van der Waals surface area contributed by atoms with Crippen LogP contribution in [0.4, 0.5) is 4.39 Å². The van der Waals surface area contributed by atoms with Crippen LogP contribution in [0.25, 0.3) is 5.69 Å². The largest absolute Gasteiger partial charge is 0.493 e. The van der Waals surface area contributed by atoms with E-state index in [9.17, 15) is 4.39 Å². The molecule has 0 saturated carbocycles. The first kappa shape index (κ1) is 20.4. The highest BCUT2D eigenvalue weighted by Crippen LogP contribution is 2.42. The molecule has 0 saturated heterocycles. The van der Waals surface area contributed by atoms with E-state index in [2.05, 4.69) is 24.3 Å². The van der Waals surface area contributed by atoms with Gasteiger partial charge < -0.3 is 14.8 Å². The monoisotopic (exact) mass is 409 g/mol. The lowest BCUT2D eigenvalue weighted by Gasteiger charge is -2.36. The third-order valence-electron chi connectivity index (χ3n) is 5.77. The minimum Gasteiger partial charge on any atom is -0.493 e. The van der Waals surface area contributed by atoms with Crippen LogP contribution in [-0.2, 0) is 13.0 Å². The van der Waals surface area contributed by atoms with Crippen LogP contribution >= 0.6 is 0 Å². The van der Waals surface area contributed by atoms with Crippen molar-refractivity contribution in [1.29, 1.82) is 0 Å². The van der Waals surface area contributed by atoms with Crippen molar-refractivity contribution in [2.45, 2.75) is 39.3 Å². The summed E-state index contributed by atoms with van der Waals surface area (Å²) in [6, 6.07) is 12.6. The van der Waals surface area contributed by atoms with Gasteiger partial charge in [0.2, 0.25) is 0 Å². The second-order valence-electron chi connectivity index (χ2n) is 8.57. The lowest BCUT2D eigenvalue weighted by molar-refractivity contribution is 0.252. The minimum absolute atomic E-state index is 0.112. The van der Waals surface area contributed by atoms with E-state index in [-0.39, 0.29) is 17.3 Å². The number of benzene rings is 2. The van der Waals surface area contributed by atoms with Gasteiger partial charge in [0.05, 0.1) is 26.1 Å². The molecule has 5 nitrogen and oxygen atoms in total. The maximum Gasteiger partial charge on any atom is 0.165 e. The first-order chi connectivity index (χ1) is 14.4. The predicted octanol–water partition coefficient (Wildman–Crippen LogP) is 4.83. The second kappa shape index (κ2) is 8.11. The van der Waals surface area contributed by atoms with Gasteiger partial charge in [-0.15, -0.1) is 0 Å². The number of para-hydroxylation sites is 1. The Labute approximate surface area is 176 Å². The highest BCUT2D eigenvalue weighted by molar-refractivity contribution is 5.46. The molecule has 2 aromatic carbocycles. The predicted molar refractivity (Wildman–Crippen MR) is 115 cm³/mol. The van der Waals surface area contributed by atoms with Crippen molar-refractivity contribution >= 4 is 0 Å². The van der Waals surface area contributed by atoms with Crippen molar-refractivity contribution in [3.63, 3.8) is 0 Å². The van der Waals surface area contributed by atoms with Crippen LogP contribution in [0.1, 0.15) is 43.1 Å². The van der Waals surface area contributed by atoms with Crippen molar-refractivity contribution in [2.24, 2.45) is 5.41 Å². The first-order valence-corrected chi connectivity index (χ1v) is 10.2. The number of nitrogens with zero attached hydrogens (tertiary/aromatic N) is 2. The number of halogens is 1. The molecule has 6 heteroatoms. The van der Waals surface area contributed by atoms with Crippen LogP contribution in [-0.4, -0.2) is 24.0 Å². The van der Waals surface area contributed by atoms with Gasteiger partial charge in [0.1, 0.15) is 5.82 Å². The topological polar surface area (TPSA) is 48.3 Å². The van der Waals surface area contributed by atoms with Crippen molar-refractivity contribution < 1.29 is 13.9 Å². The Kier molecular flexibility index (Phi) is 5.52. The van der Waals surface area contributed by atoms with Gasteiger partial charge in [-0.2, -0.15) is 5.10 Å². The Morgan fingerprint density at radius 2 is 1.90 bits per heavy atom. The maximum atomic E-state index is 13.4. The fraction of sp³-hybridized carbons (Fsp3) is 0.375. The van der Waals surface area contributed by atoms with Crippen molar-refractivity contribution in [1.82, 2.24) is 15.1 Å². The second-order valence-corrected chi connectivity index (χ2v) is 8.57. The SMILES string of the molecule is COc1cccc(CN[C@@H]2CC(C)(C)Cc3c2cnn3-c2ccc(F)cc2)c1OC. The zero-order valence-corrected chi connectivity index (χ0v) is 17.9. The van der Waals surface area contributed by atoms with Crippen LogP contribution in [0.5, 0.6) is 11.5 Å². The van der Waals surface area contributed by atoms with Gasteiger partial charge in [0.15, 0.2) is 11.5 Å². The van der Waals surface area contributed by atoms with E-state index in [0.29, 0.717) is 6.54 Å². The molecule has 0 radical (unpaired) electrons. The Bertz CT molecular complexity index is 1030. The van der Waals surface area contributed by atoms with Crippen LogP contribution in [0, 0.1) is 11.2 Å². The van der Waals surface area contributed by atoms with E-state index in [4.69, 9.17) is 9.47 Å². The molecule has 1 aromatic heterocycles. The zero-order chi connectivity index (χ0) is 21.3. The van der Waals surface area contributed by atoms with E-state index in [1.54, 1.807) is 26.4 Å². The Morgan fingerprint density at radius 1 is 1.13 bits per heavy atom. The lowest BCUT2D eigenvalue weighted by atomic mass is 9.74. The van der Waals surface area contributed by atoms with Gasteiger partial charge >= 0.3 is 0 Å². The maximum absolute atomic E-state index is 13.4. The molecule has 1 heterocycles. The Morgan fingerprint density at radius 3 is 2.60 bits per heavy atom. The van der Waals surface area contributed by atoms with Gasteiger partial charge in [0, 0.05) is 29.4 Å². The summed E-state index contributed by atoms with van der Waals surface area (Å²) in [4.78, 5) is 0. The summed E-state index contributed by atoms with van der Waals surface area (Å²) in [5.41, 5.74) is 4.41. The fourth-order valence-electron chi connectivity index (χ4n) is 4.36. The Hall–Kier alpha value is -2.86. The van der Waals surface area contributed by atoms with Crippen molar-refractivity contribution in [2.75, 3.05) is 14.2 Å². The van der Waals surface area contributed by atoms with E-state index in [1.165, 1.54) is 23.4 Å². The molecule has 3 aromatic rings. The molecular weight excluding hydrogens is 381 g/mol. The molecule has 1 atom stereocenters. The highest BCUT2D eigenvalue weighted by atomic mass is 19.1. The number of aromatic nitrogens is 2. The van der Waals surface area contributed by atoms with Gasteiger partial charge in [-0.1, -0.05) is 26.0 Å². The standard InChI is InChI=1S/C24H28FN3O2/c1-24(2)12-20(26-14-16-6-5-7-22(29-3)23(16)30-4)19-15-27-28(21(19)13-24)18-10-8-17(25)9-11-18/h5-11,15,20,26H,12-14H2,1-4H3/t20-/m1/s1. The summed E-state index contributed by atoms with van der Waals surface area (Å²) in [5.74, 6) is 1.24. The van der Waals surface area contributed by atoms with Crippen LogP contribution in [0.2, 0.25) is 0 Å². The molecule has 0 bridgehead atoms. The van der Waals surface area contributed by atoms with Crippen LogP contribution in [0.15, 0.2) is 48.7 Å². The smallest absolute Gasteiger partial charge is 0.165 e. The zero-order valence-electron chi connectivity index (χ0n) is 17.9. The van der Waals surface area contributed by atoms with Gasteiger partial charge in [0.25, 0.3) is 0 Å². The molecule has 0 aliphatic heterocycles. The van der Waals surface area contributed by atoms with E-state index < -0.39 is 0 Å². The molecule has 1 aliphatic rings. The number of hydrogen-bond acceptors (Lipinski definition) is 4. The van der Waals surface area contributed by atoms with E-state index >= 15 is 0 Å². The number of fused-ring (bicyclic) bond motifs is 1. The molecule has 0 amide bonds. The van der Waals surface area contributed by atoms with Crippen molar-refractivity contribution in [3.05, 3.63) is 71.3 Å². The fourth-order valence-corrected chi connectivity index (χ4v) is 4.36. The molecular formula is C24H28FN3O2. The number of methoxy groups -OCH3 is 2. The number of ether oxygens (including phenoxy) is 2. The Balaban J connectivity index is 1.63. The molecule has 0 spiro atoms. The van der Waals surface area contributed by atoms with Crippen LogP contribution in [0.3, 0.4) is 0 Å². The third-order valence-corrected chi connectivity index (χ3v) is 5.77. The lowest BCUT2D eigenvalue weighted by Crippen LogP contribution is -2.33. The number of hydrogen-bond donors (Lipinski definition) is 1. The molecule has 158 valence electrons. The van der Waals surface area contributed by atoms with Crippen LogP contribution < -0.4 is 14.8 Å². The normalized spacial score (nSPS) is 17.4. The van der Waals surface area contributed by atoms with Gasteiger partial charge in [-0.3, -0.25) is 0 Å². The van der Waals surface area contributed by atoms with Gasteiger partial charge in [-0.05, 0) is 48.6 Å². The molecule has 0 fully saturated rings. The minimum atomic E-state index is -0.244. The van der Waals surface area contributed by atoms with Gasteiger partial charge in [-0.25, -0.2) is 9.07 Å². The number of nitrogens with one attached hydrogen (secondary N) is 1. The summed E-state index contributed by atoms with van der Waals surface area (Å²) in [6.45, 7) is 5.21. The first-order valence-electron chi connectivity index (χ1n) is 10.2. The molecule has 0 unspecified atom stereocenters. The summed E-state index contributed by atoms with van der Waals surface area (Å²) < 4.78 is 26.3. The highest BCUT2D eigenvalue weighted by Gasteiger charge is 2.35. The molecule has 1 aliphatic carbocycles. The molecule has 4 rings (SSSR count). The third kappa shape index (κ3) is 3.92.